The standard InChI is InChI=1S/2C10H18O2.Sr/c2*11-10(12)8-4-7-9-5-2-1-3-6-9;/h2*9H,1-8H2,(H,11,12);/q;;+2/p-2. The number of carbonyl (C=O) groups excluding carboxylic acids is 2. The maximum absolute atomic E-state index is 10.1. The molecule has 4 nitrogen and oxygen atoms in total. The van der Waals surface area contributed by atoms with Crippen molar-refractivity contribution in [3.05, 3.63) is 0 Å². The van der Waals surface area contributed by atoms with Gasteiger partial charge in [0.1, 0.15) is 0 Å². The molecule has 0 heterocycles. The van der Waals surface area contributed by atoms with Crippen molar-refractivity contribution < 1.29 is 19.8 Å². The second-order valence-corrected chi connectivity index (χ2v) is 7.54. The molecule has 0 aromatic heterocycles. The molecule has 0 spiro atoms. The van der Waals surface area contributed by atoms with Crippen molar-refractivity contribution >= 4 is 57.4 Å². The topological polar surface area (TPSA) is 80.3 Å². The first-order valence-electron chi connectivity index (χ1n) is 9.97. The van der Waals surface area contributed by atoms with E-state index in [0.717, 1.165) is 37.5 Å². The molecule has 5 heteroatoms. The first-order valence-corrected chi connectivity index (χ1v) is 9.97. The Balaban J connectivity index is 0.000000443. The average Bonchev–Trinajstić information content (AvgIpc) is 2.57. The van der Waals surface area contributed by atoms with Crippen LogP contribution < -0.4 is 10.2 Å². The predicted octanol–water partition coefficient (Wildman–Crippen LogP) is 2.59. The molecule has 2 aliphatic rings. The van der Waals surface area contributed by atoms with E-state index in [1.165, 1.54) is 64.2 Å². The van der Waals surface area contributed by atoms with Crippen molar-refractivity contribution in [1.82, 2.24) is 0 Å². The van der Waals surface area contributed by atoms with Crippen LogP contribution in [-0.4, -0.2) is 57.4 Å². The van der Waals surface area contributed by atoms with E-state index in [2.05, 4.69) is 0 Å². The molecule has 0 radical (unpaired) electrons. The summed E-state index contributed by atoms with van der Waals surface area (Å²) < 4.78 is 0. The number of carboxylic acid groups (broad SMARTS) is 2. The summed E-state index contributed by atoms with van der Waals surface area (Å²) in [5, 5.41) is 20.3. The van der Waals surface area contributed by atoms with Crippen molar-refractivity contribution in [3.63, 3.8) is 0 Å². The number of aliphatic carboxylic acids is 2. The molecule has 2 aliphatic carbocycles. The molecule has 0 aliphatic heterocycles. The zero-order chi connectivity index (χ0) is 17.6. The monoisotopic (exact) mass is 426 g/mol. The van der Waals surface area contributed by atoms with Crippen LogP contribution >= 0.6 is 0 Å². The largest absolute Gasteiger partial charge is 2.00 e. The molecule has 0 unspecified atom stereocenters. The Morgan fingerprint density at radius 1 is 0.640 bits per heavy atom. The Morgan fingerprint density at radius 3 is 1.24 bits per heavy atom. The average molecular weight is 426 g/mol. The van der Waals surface area contributed by atoms with E-state index in [1.807, 2.05) is 0 Å². The minimum atomic E-state index is -0.897. The molecule has 25 heavy (non-hydrogen) atoms. The van der Waals surface area contributed by atoms with Crippen LogP contribution in [0.5, 0.6) is 0 Å². The van der Waals surface area contributed by atoms with Crippen LogP contribution in [0.25, 0.3) is 0 Å². The minimum absolute atomic E-state index is 0. The third-order valence-electron chi connectivity index (χ3n) is 5.44. The molecule has 0 aromatic rings. The molecular weight excluding hydrogens is 392 g/mol. The van der Waals surface area contributed by atoms with Gasteiger partial charge in [0.2, 0.25) is 0 Å². The first-order chi connectivity index (χ1) is 11.6. The van der Waals surface area contributed by atoms with Crippen molar-refractivity contribution in [3.8, 4) is 0 Å². The fraction of sp³-hybridized carbons (Fsp3) is 0.900. The van der Waals surface area contributed by atoms with E-state index < -0.39 is 11.9 Å². The normalized spacial score (nSPS) is 18.6. The summed E-state index contributed by atoms with van der Waals surface area (Å²) >= 11 is 0. The Hall–Kier alpha value is 0.421. The molecule has 2 rings (SSSR count). The summed E-state index contributed by atoms with van der Waals surface area (Å²) in [5.41, 5.74) is 0. The Labute approximate surface area is 190 Å². The Kier molecular flexibility index (Phi) is 16.9. The zero-order valence-electron chi connectivity index (χ0n) is 15.8. The number of hydrogen-bond acceptors (Lipinski definition) is 4. The molecule has 140 valence electrons. The molecule has 0 amide bonds. The van der Waals surface area contributed by atoms with Gasteiger partial charge in [-0.1, -0.05) is 77.0 Å². The Morgan fingerprint density at radius 2 is 0.960 bits per heavy atom. The third kappa shape index (κ3) is 15.2. The van der Waals surface area contributed by atoms with Crippen LogP contribution in [0.1, 0.15) is 103 Å². The summed E-state index contributed by atoms with van der Waals surface area (Å²) in [6, 6.07) is 0. The van der Waals surface area contributed by atoms with Gasteiger partial charge in [-0.3, -0.25) is 0 Å². The molecule has 0 bridgehead atoms. The summed E-state index contributed by atoms with van der Waals surface area (Å²) in [6.45, 7) is 0. The van der Waals surface area contributed by atoms with Crippen molar-refractivity contribution in [1.29, 1.82) is 0 Å². The quantitative estimate of drug-likeness (QED) is 0.559. The molecule has 0 aromatic carbocycles. The number of hydrogen-bond donors (Lipinski definition) is 0. The third-order valence-corrected chi connectivity index (χ3v) is 5.44. The van der Waals surface area contributed by atoms with Crippen molar-refractivity contribution in [2.75, 3.05) is 0 Å². The van der Waals surface area contributed by atoms with Crippen LogP contribution in [0.15, 0.2) is 0 Å². The first kappa shape index (κ1) is 25.4. The summed E-state index contributed by atoms with van der Waals surface area (Å²) in [6.07, 6.45) is 17.7. The number of rotatable bonds is 8. The smallest absolute Gasteiger partial charge is 0.550 e. The fourth-order valence-electron chi connectivity index (χ4n) is 4.02. The zero-order valence-corrected chi connectivity index (χ0v) is 19.3. The van der Waals surface area contributed by atoms with E-state index in [0.29, 0.717) is 0 Å². The predicted molar refractivity (Wildman–Crippen MR) is 96.6 cm³/mol. The van der Waals surface area contributed by atoms with Gasteiger partial charge in [-0.05, 0) is 37.5 Å². The molecule has 0 N–H and O–H groups in total. The summed E-state index contributed by atoms with van der Waals surface area (Å²) in [7, 11) is 0. The van der Waals surface area contributed by atoms with Gasteiger partial charge in [0, 0.05) is 11.9 Å². The number of carboxylic acids is 2. The van der Waals surface area contributed by atoms with Gasteiger partial charge in [-0.2, -0.15) is 0 Å². The Bertz CT molecular complexity index is 314. The second kappa shape index (κ2) is 16.6. The van der Waals surface area contributed by atoms with Crippen LogP contribution in [0.2, 0.25) is 0 Å². The van der Waals surface area contributed by atoms with Gasteiger partial charge in [-0.25, -0.2) is 0 Å². The SMILES string of the molecule is O=C([O-])CCCC1CCCCC1.O=C([O-])CCCC1CCCCC1.[Sr+2]. The van der Waals surface area contributed by atoms with Gasteiger partial charge >= 0.3 is 45.5 Å². The molecule has 2 fully saturated rings. The number of carbonyl (C=O) groups is 2. The van der Waals surface area contributed by atoms with Gasteiger partial charge in [0.25, 0.3) is 0 Å². The van der Waals surface area contributed by atoms with Crippen molar-refractivity contribution in [2.45, 2.75) is 103 Å². The molecular formula is C20H34O4Sr. The van der Waals surface area contributed by atoms with Crippen molar-refractivity contribution in [2.24, 2.45) is 11.8 Å². The van der Waals surface area contributed by atoms with Gasteiger partial charge in [0.15, 0.2) is 0 Å². The van der Waals surface area contributed by atoms with Crippen LogP contribution in [0.3, 0.4) is 0 Å². The molecule has 0 saturated heterocycles. The molecule has 2 saturated carbocycles. The van der Waals surface area contributed by atoms with E-state index in [9.17, 15) is 19.8 Å². The van der Waals surface area contributed by atoms with Crippen LogP contribution in [-0.2, 0) is 9.59 Å². The van der Waals surface area contributed by atoms with Gasteiger partial charge in [0.05, 0.1) is 0 Å². The van der Waals surface area contributed by atoms with Crippen LogP contribution in [0, 0.1) is 11.8 Å². The fourth-order valence-corrected chi connectivity index (χ4v) is 4.02. The maximum atomic E-state index is 10.1. The van der Waals surface area contributed by atoms with E-state index >= 15 is 0 Å². The minimum Gasteiger partial charge on any atom is -0.550 e. The van der Waals surface area contributed by atoms with Crippen LogP contribution in [0.4, 0.5) is 0 Å². The summed E-state index contributed by atoms with van der Waals surface area (Å²) in [5.74, 6) is -0.187. The second-order valence-electron chi connectivity index (χ2n) is 7.54. The van der Waals surface area contributed by atoms with E-state index in [1.54, 1.807) is 0 Å². The van der Waals surface area contributed by atoms with E-state index in [-0.39, 0.29) is 58.3 Å². The van der Waals surface area contributed by atoms with E-state index in [4.69, 9.17) is 0 Å². The van der Waals surface area contributed by atoms with Gasteiger partial charge < -0.3 is 19.8 Å². The maximum Gasteiger partial charge on any atom is 2.00 e. The molecule has 0 atom stereocenters. The summed E-state index contributed by atoms with van der Waals surface area (Å²) in [4.78, 5) is 20.3. The van der Waals surface area contributed by atoms with Gasteiger partial charge in [-0.15, -0.1) is 0 Å².